The van der Waals surface area contributed by atoms with Crippen LogP contribution in [0.25, 0.3) is 0 Å². The molecule has 8 heterocycles. The Labute approximate surface area is 802 Å². The molecule has 14 atom stereocenters. The smallest absolute Gasteiger partial charge is 0.233 e. The van der Waals surface area contributed by atoms with Crippen LogP contribution in [0.4, 0.5) is 0 Å². The molecule has 14 unspecified atom stereocenters. The Morgan fingerprint density at radius 1 is 0.220 bits per heavy atom. The first-order valence-electron chi connectivity index (χ1n) is 50.5. The van der Waals surface area contributed by atoms with Crippen LogP contribution in [0, 0.1) is 189 Å². The summed E-state index contributed by atoms with van der Waals surface area (Å²) >= 11 is 0. The molecule has 0 aromatic carbocycles. The topological polar surface area (TPSA) is 299 Å². The average Bonchev–Trinajstić information content (AvgIpc) is 1.64. The highest BCUT2D eigenvalue weighted by molar-refractivity contribution is 6.09. The minimum atomic E-state index is -0.118. The lowest BCUT2D eigenvalue weighted by molar-refractivity contribution is -0.143. The molecule has 132 heavy (non-hydrogen) atoms. The van der Waals surface area contributed by atoms with Crippen LogP contribution >= 0.6 is 0 Å². The van der Waals surface area contributed by atoms with Crippen LogP contribution in [-0.4, -0.2) is 186 Å². The van der Waals surface area contributed by atoms with Crippen LogP contribution < -0.4 is 0 Å². The molecular formula is C108H192N8O16. The number of likely N-dealkylation sites (tertiary alicyclic amines) is 8. The lowest BCUT2D eigenvalue weighted by Gasteiger charge is -2.23. The highest BCUT2D eigenvalue weighted by Crippen LogP contribution is 2.41. The third kappa shape index (κ3) is 38.3. The maximum Gasteiger partial charge on any atom is 0.233 e. The van der Waals surface area contributed by atoms with Crippen LogP contribution in [0.2, 0.25) is 0 Å². The Morgan fingerprint density at radius 2 is 0.409 bits per heavy atom. The van der Waals surface area contributed by atoms with Crippen LogP contribution in [0.1, 0.15) is 355 Å². The first kappa shape index (κ1) is 127. The summed E-state index contributed by atoms with van der Waals surface area (Å²) in [6.45, 7) is 86.2. The van der Waals surface area contributed by atoms with E-state index in [4.69, 9.17) is 0 Å². The van der Waals surface area contributed by atoms with Gasteiger partial charge in [0.05, 0.1) is 47.3 Å². The minimum absolute atomic E-state index is 0.000602. The van der Waals surface area contributed by atoms with Crippen molar-refractivity contribution in [2.45, 2.75) is 379 Å². The predicted molar refractivity (Wildman–Crippen MR) is 531 cm³/mol. The summed E-state index contributed by atoms with van der Waals surface area (Å²) in [5.74, 6) is 13.4. The van der Waals surface area contributed by atoms with Gasteiger partial charge in [0.2, 0.25) is 94.5 Å². The molecule has 8 aliphatic heterocycles. The number of hydrogen-bond donors (Lipinski definition) is 0. The van der Waals surface area contributed by atoms with Crippen molar-refractivity contribution in [3.63, 3.8) is 0 Å². The summed E-state index contributed by atoms with van der Waals surface area (Å²) in [6, 6.07) is 0.0202. The fourth-order valence-electron chi connectivity index (χ4n) is 19.1. The van der Waals surface area contributed by atoms with Gasteiger partial charge in [-0.05, 0) is 189 Å². The van der Waals surface area contributed by atoms with E-state index in [1.807, 2.05) is 166 Å². The Balaban J connectivity index is 0. The normalized spacial score (nSPS) is 23.9. The molecular weight excluding hydrogens is 1670 g/mol. The fourth-order valence-corrected chi connectivity index (χ4v) is 19.1. The number of rotatable bonds is 25. The van der Waals surface area contributed by atoms with Gasteiger partial charge >= 0.3 is 0 Å². The standard InChI is InChI=1S/2C12H21NO2.C12H26.4C11H19NO2.2C10H17NO2.C8H14/c2*1-7(2)6-9-10(8(3)4)12(15)13(5)11(9)14;1-9(2)7-11(5)12(6)8-10(3)4;2*1-7(2)5-9-6-10(13)12(8(3)4)11(9)14;2*1-6(2)8-9(7(3)4)11(14)12(5)10(8)13;2*1-6(2)8-5-9(12)11(7(3)4)10(8)13;1-7(2)5-6-8(3)4/h2*7-10H,6H2,1-5H3;9-12H,7-8H2,1-6H3;2*7-9H,5-6H2,1-4H3;2*6-9H,1-5H3;2*6-8H,5H2,1-4H3;7-8H,1-4H3. The van der Waals surface area contributed by atoms with Crippen LogP contribution in [0.3, 0.4) is 0 Å². The number of hydrogen-bond acceptors (Lipinski definition) is 16. The molecule has 24 nitrogen and oxygen atoms in total. The Bertz CT molecular complexity index is 3510. The Hall–Kier alpha value is -7.32. The second kappa shape index (κ2) is 58.3. The summed E-state index contributed by atoms with van der Waals surface area (Å²) in [4.78, 5) is 198. The molecule has 0 N–H and O–H groups in total. The molecule has 760 valence electrons. The van der Waals surface area contributed by atoms with Crippen LogP contribution in [0.15, 0.2) is 0 Å². The third-order valence-corrected chi connectivity index (χ3v) is 25.9. The number of amides is 16. The van der Waals surface area contributed by atoms with E-state index in [1.165, 1.54) is 52.0 Å². The molecule has 24 heteroatoms. The summed E-state index contributed by atoms with van der Waals surface area (Å²) in [5.41, 5.74) is 0. The number of imide groups is 8. The molecule has 8 saturated heterocycles. The highest BCUT2D eigenvalue weighted by Gasteiger charge is 2.52. The largest absolute Gasteiger partial charge is 0.285 e. The van der Waals surface area contributed by atoms with Crippen molar-refractivity contribution in [1.82, 2.24) is 39.2 Å². The van der Waals surface area contributed by atoms with Gasteiger partial charge in [-0.15, -0.1) is 11.8 Å². The second-order valence-electron chi connectivity index (χ2n) is 45.8. The number of nitrogens with zero attached hydrogens (tertiary/aromatic N) is 8. The molecule has 0 spiro atoms. The maximum atomic E-state index is 11.9. The lowest BCUT2D eigenvalue weighted by Crippen LogP contribution is -2.37. The van der Waals surface area contributed by atoms with E-state index in [2.05, 4.69) is 136 Å². The molecule has 0 aliphatic carbocycles. The van der Waals surface area contributed by atoms with Gasteiger partial charge in [-0.2, -0.15) is 0 Å². The average molecular weight is 1860 g/mol. The van der Waals surface area contributed by atoms with E-state index in [1.54, 1.807) is 28.2 Å². The quantitative estimate of drug-likeness (QED) is 0.0606. The molecule has 0 bridgehead atoms. The van der Waals surface area contributed by atoms with Crippen molar-refractivity contribution in [2.75, 3.05) is 28.2 Å². The summed E-state index contributed by atoms with van der Waals surface area (Å²) in [6.07, 6.45) is 7.67. The van der Waals surface area contributed by atoms with Gasteiger partial charge in [-0.3, -0.25) is 116 Å². The predicted octanol–water partition coefficient (Wildman–Crippen LogP) is 20.0. The summed E-state index contributed by atoms with van der Waals surface area (Å²) in [7, 11) is 6.37. The van der Waals surface area contributed by atoms with Crippen LogP contribution in [0.5, 0.6) is 0 Å². The minimum Gasteiger partial charge on any atom is -0.285 e. The monoisotopic (exact) mass is 1860 g/mol. The van der Waals surface area contributed by atoms with E-state index in [0.29, 0.717) is 61.2 Å². The van der Waals surface area contributed by atoms with Crippen molar-refractivity contribution in [3.05, 3.63) is 0 Å². The van der Waals surface area contributed by atoms with Crippen molar-refractivity contribution in [3.8, 4) is 11.8 Å². The zero-order chi connectivity index (χ0) is 104. The number of carbonyl (C=O) groups excluding carboxylic acids is 16. The van der Waals surface area contributed by atoms with Crippen LogP contribution in [-0.2, 0) is 76.7 Å². The van der Waals surface area contributed by atoms with Gasteiger partial charge in [0.15, 0.2) is 0 Å². The zero-order valence-electron chi connectivity index (χ0n) is 91.8. The van der Waals surface area contributed by atoms with Crippen molar-refractivity contribution < 1.29 is 76.7 Å². The molecule has 8 aliphatic rings. The van der Waals surface area contributed by atoms with Crippen molar-refractivity contribution >= 4 is 94.5 Å². The van der Waals surface area contributed by atoms with E-state index < -0.39 is 0 Å². The molecule has 8 fully saturated rings. The van der Waals surface area contributed by atoms with Gasteiger partial charge in [0, 0.05) is 114 Å². The van der Waals surface area contributed by atoms with Crippen molar-refractivity contribution in [2.24, 2.45) is 178 Å². The molecule has 16 amide bonds. The van der Waals surface area contributed by atoms with Crippen molar-refractivity contribution in [1.29, 1.82) is 0 Å². The van der Waals surface area contributed by atoms with Gasteiger partial charge in [0.25, 0.3) is 0 Å². The van der Waals surface area contributed by atoms with Gasteiger partial charge in [-0.25, -0.2) is 0 Å². The number of carbonyl (C=O) groups is 16. The molecule has 0 aromatic heterocycles. The van der Waals surface area contributed by atoms with E-state index in [0.717, 1.165) is 49.4 Å². The maximum absolute atomic E-state index is 11.9. The Morgan fingerprint density at radius 3 is 0.561 bits per heavy atom. The highest BCUT2D eigenvalue weighted by atomic mass is 16.2. The molecule has 8 rings (SSSR count). The second-order valence-corrected chi connectivity index (χ2v) is 45.8. The third-order valence-electron chi connectivity index (χ3n) is 25.9. The van der Waals surface area contributed by atoms with E-state index >= 15 is 0 Å². The first-order valence-corrected chi connectivity index (χ1v) is 50.5. The van der Waals surface area contributed by atoms with Gasteiger partial charge in [0.1, 0.15) is 0 Å². The van der Waals surface area contributed by atoms with Gasteiger partial charge < -0.3 is 0 Å². The lowest BCUT2D eigenvalue weighted by atomic mass is 9.79. The fraction of sp³-hybridized carbons (Fsp3) is 0.833. The van der Waals surface area contributed by atoms with E-state index in [-0.39, 0.29) is 237 Å². The summed E-state index contributed by atoms with van der Waals surface area (Å²) < 4.78 is 0. The molecule has 0 radical (unpaired) electrons. The first-order chi connectivity index (χ1) is 60.3. The zero-order valence-corrected chi connectivity index (χ0v) is 91.8. The Kier molecular flexibility index (Phi) is 56.0. The molecule has 0 aromatic rings. The van der Waals surface area contributed by atoms with Gasteiger partial charge in [-0.1, -0.05) is 235 Å². The SMILES string of the molecule is CC(C)C#CC(C)C.CC(C)C1C(=O)N(C)C(=O)C1C(C)C.CC(C)C1C(=O)N(C)C(=O)C1C(C)C.CC(C)C1CC(=O)N(C(C)C)C1=O.CC(C)C1CC(=O)N(C(C)C)C1=O.CC(C)CC(C)C(C)CC(C)C.CC(C)CC1C(=O)N(C)C(=O)C1C(C)C.CC(C)CC1C(=O)N(C)C(=O)C1C(C)C.CC(C)CC1CC(=O)N(C(C)C)C1=O.CC(C)CC1CC(=O)N(C(C)C)C1=O. The molecule has 0 saturated carbocycles. The summed E-state index contributed by atoms with van der Waals surface area (Å²) in [5, 5.41) is 0. The van der Waals surface area contributed by atoms with E-state index in [9.17, 15) is 76.7 Å².